The Balaban J connectivity index is 1.42. The lowest BCUT2D eigenvalue weighted by Gasteiger charge is -2.18. The second-order valence-electron chi connectivity index (χ2n) is 6.30. The van der Waals surface area contributed by atoms with Gasteiger partial charge in [-0.15, -0.1) is 0 Å². The van der Waals surface area contributed by atoms with Gasteiger partial charge in [-0.3, -0.25) is 9.88 Å². The summed E-state index contributed by atoms with van der Waals surface area (Å²) in [6.45, 7) is 3.00. The molecule has 1 atom stereocenters. The van der Waals surface area contributed by atoms with Crippen LogP contribution >= 0.6 is 11.8 Å². The van der Waals surface area contributed by atoms with Gasteiger partial charge in [0, 0.05) is 60.7 Å². The predicted molar refractivity (Wildman–Crippen MR) is 103 cm³/mol. The summed E-state index contributed by atoms with van der Waals surface area (Å²) in [5.41, 5.74) is 2.29. The van der Waals surface area contributed by atoms with E-state index >= 15 is 0 Å². The van der Waals surface area contributed by atoms with Gasteiger partial charge in [0.05, 0.1) is 5.69 Å². The van der Waals surface area contributed by atoms with Gasteiger partial charge in [0.1, 0.15) is 0 Å². The van der Waals surface area contributed by atoms with Crippen LogP contribution in [0.5, 0.6) is 0 Å². The van der Waals surface area contributed by atoms with E-state index < -0.39 is 0 Å². The molecular weight excluding hydrogens is 330 g/mol. The highest BCUT2D eigenvalue weighted by Gasteiger charge is 2.23. The molecule has 1 N–H and O–H groups in total. The summed E-state index contributed by atoms with van der Waals surface area (Å²) in [7, 11) is 0. The number of aromatic nitrogens is 3. The number of thioether (sulfide) groups is 1. The molecule has 1 aliphatic heterocycles. The first-order chi connectivity index (χ1) is 12.3. The van der Waals surface area contributed by atoms with E-state index in [1.54, 1.807) is 11.8 Å². The SMILES string of the molecule is CSc1nccc(CN2CC[C@@H](Nc3cccc4cnccc34)C2)n1. The van der Waals surface area contributed by atoms with Gasteiger partial charge in [-0.1, -0.05) is 23.9 Å². The third kappa shape index (κ3) is 3.75. The quantitative estimate of drug-likeness (QED) is 0.561. The van der Waals surface area contributed by atoms with Crippen molar-refractivity contribution in [1.29, 1.82) is 0 Å². The highest BCUT2D eigenvalue weighted by molar-refractivity contribution is 7.98. The number of pyridine rings is 1. The molecular formula is C19H21N5S. The van der Waals surface area contributed by atoms with E-state index in [1.807, 2.05) is 30.9 Å². The lowest BCUT2D eigenvalue weighted by atomic mass is 10.1. The molecule has 2 aromatic heterocycles. The van der Waals surface area contributed by atoms with Gasteiger partial charge in [0.2, 0.25) is 0 Å². The second kappa shape index (κ2) is 7.37. The minimum Gasteiger partial charge on any atom is -0.380 e. The summed E-state index contributed by atoms with van der Waals surface area (Å²) >= 11 is 1.59. The summed E-state index contributed by atoms with van der Waals surface area (Å²) in [5.74, 6) is 0. The summed E-state index contributed by atoms with van der Waals surface area (Å²) in [6.07, 6.45) is 8.77. The number of fused-ring (bicyclic) bond motifs is 1. The van der Waals surface area contributed by atoms with Crippen LogP contribution in [0.1, 0.15) is 12.1 Å². The Bertz CT molecular complexity index is 864. The van der Waals surface area contributed by atoms with Crippen molar-refractivity contribution in [3.8, 4) is 0 Å². The van der Waals surface area contributed by atoms with Crippen molar-refractivity contribution in [3.63, 3.8) is 0 Å². The van der Waals surface area contributed by atoms with Crippen LogP contribution in [0, 0.1) is 0 Å². The molecule has 128 valence electrons. The average molecular weight is 351 g/mol. The Morgan fingerprint density at radius 2 is 2.20 bits per heavy atom. The Morgan fingerprint density at radius 1 is 1.24 bits per heavy atom. The molecule has 1 aliphatic rings. The van der Waals surface area contributed by atoms with Gasteiger partial charge in [-0.2, -0.15) is 0 Å². The van der Waals surface area contributed by atoms with Crippen LogP contribution in [-0.2, 0) is 6.54 Å². The molecule has 0 aliphatic carbocycles. The normalized spacial score (nSPS) is 17.9. The van der Waals surface area contributed by atoms with Crippen LogP contribution in [0.3, 0.4) is 0 Å². The minimum absolute atomic E-state index is 0.459. The van der Waals surface area contributed by atoms with Crippen molar-refractivity contribution in [1.82, 2.24) is 19.9 Å². The maximum atomic E-state index is 4.59. The van der Waals surface area contributed by atoms with Crippen LogP contribution in [0.25, 0.3) is 10.8 Å². The van der Waals surface area contributed by atoms with Gasteiger partial charge < -0.3 is 5.32 Å². The van der Waals surface area contributed by atoms with E-state index in [0.29, 0.717) is 6.04 Å². The van der Waals surface area contributed by atoms with Gasteiger partial charge in [0.15, 0.2) is 5.16 Å². The van der Waals surface area contributed by atoms with E-state index in [9.17, 15) is 0 Å². The topological polar surface area (TPSA) is 53.9 Å². The molecule has 6 heteroatoms. The standard InChI is InChI=1S/C19H21N5S/c1-25-19-21-9-5-15(23-19)12-24-10-7-16(13-24)22-18-4-2-3-14-11-20-8-6-17(14)18/h2-6,8-9,11,16,22H,7,10,12-13H2,1H3/t16-/m1/s1. The van der Waals surface area contributed by atoms with E-state index in [2.05, 4.69) is 49.4 Å². The van der Waals surface area contributed by atoms with Crippen LogP contribution < -0.4 is 5.32 Å². The molecule has 1 aromatic carbocycles. The highest BCUT2D eigenvalue weighted by Crippen LogP contribution is 2.25. The maximum absolute atomic E-state index is 4.59. The van der Waals surface area contributed by atoms with Crippen LogP contribution in [-0.4, -0.2) is 45.2 Å². The molecule has 25 heavy (non-hydrogen) atoms. The monoisotopic (exact) mass is 351 g/mol. The van der Waals surface area contributed by atoms with E-state index in [0.717, 1.165) is 36.9 Å². The smallest absolute Gasteiger partial charge is 0.187 e. The van der Waals surface area contributed by atoms with Crippen molar-refractivity contribution < 1.29 is 0 Å². The molecule has 4 rings (SSSR count). The summed E-state index contributed by atoms with van der Waals surface area (Å²) in [4.78, 5) is 15.5. The lowest BCUT2D eigenvalue weighted by Crippen LogP contribution is -2.26. The van der Waals surface area contributed by atoms with Crippen molar-refractivity contribution in [2.24, 2.45) is 0 Å². The Hall–Kier alpha value is -2.18. The molecule has 0 unspecified atom stereocenters. The number of anilines is 1. The number of nitrogens with zero attached hydrogens (tertiary/aromatic N) is 4. The van der Waals surface area contributed by atoms with Crippen molar-refractivity contribution in [2.45, 2.75) is 24.2 Å². The fourth-order valence-corrected chi connectivity index (χ4v) is 3.73. The molecule has 0 radical (unpaired) electrons. The molecule has 0 amide bonds. The van der Waals surface area contributed by atoms with Gasteiger partial charge in [-0.05, 0) is 30.9 Å². The predicted octanol–water partition coefficient (Wildman–Crippen LogP) is 3.43. The van der Waals surface area contributed by atoms with E-state index in [4.69, 9.17) is 0 Å². The van der Waals surface area contributed by atoms with Crippen LogP contribution in [0.4, 0.5) is 5.69 Å². The van der Waals surface area contributed by atoms with Crippen molar-refractivity contribution >= 4 is 28.2 Å². The highest BCUT2D eigenvalue weighted by atomic mass is 32.2. The fraction of sp³-hybridized carbons (Fsp3) is 0.316. The molecule has 3 heterocycles. The fourth-order valence-electron chi connectivity index (χ4n) is 3.35. The summed E-state index contributed by atoms with van der Waals surface area (Å²) < 4.78 is 0. The van der Waals surface area contributed by atoms with Crippen molar-refractivity contribution in [3.05, 3.63) is 54.6 Å². The van der Waals surface area contributed by atoms with E-state index in [1.165, 1.54) is 16.5 Å². The van der Waals surface area contributed by atoms with Gasteiger partial charge in [-0.25, -0.2) is 9.97 Å². The zero-order valence-electron chi connectivity index (χ0n) is 14.2. The number of hydrogen-bond donors (Lipinski definition) is 1. The van der Waals surface area contributed by atoms with Gasteiger partial charge in [0.25, 0.3) is 0 Å². The maximum Gasteiger partial charge on any atom is 0.187 e. The molecule has 1 fully saturated rings. The Kier molecular flexibility index (Phi) is 4.81. The third-order valence-corrected chi connectivity index (χ3v) is 5.13. The Labute approximate surface area is 151 Å². The number of benzene rings is 1. The van der Waals surface area contributed by atoms with Gasteiger partial charge >= 0.3 is 0 Å². The zero-order chi connectivity index (χ0) is 17.1. The molecule has 0 spiro atoms. The first-order valence-electron chi connectivity index (χ1n) is 8.49. The van der Waals surface area contributed by atoms with E-state index in [-0.39, 0.29) is 0 Å². The summed E-state index contributed by atoms with van der Waals surface area (Å²) in [6, 6.07) is 10.9. The minimum atomic E-state index is 0.459. The van der Waals surface area contributed by atoms with Crippen molar-refractivity contribution in [2.75, 3.05) is 24.7 Å². The Morgan fingerprint density at radius 3 is 3.12 bits per heavy atom. The number of rotatable bonds is 5. The molecule has 0 bridgehead atoms. The van der Waals surface area contributed by atoms with Crippen LogP contribution in [0.2, 0.25) is 0 Å². The molecule has 5 nitrogen and oxygen atoms in total. The zero-order valence-corrected chi connectivity index (χ0v) is 15.0. The third-order valence-electron chi connectivity index (χ3n) is 4.57. The second-order valence-corrected chi connectivity index (χ2v) is 7.08. The largest absolute Gasteiger partial charge is 0.380 e. The molecule has 1 saturated heterocycles. The first kappa shape index (κ1) is 16.3. The molecule has 3 aromatic rings. The molecule has 0 saturated carbocycles. The summed E-state index contributed by atoms with van der Waals surface area (Å²) in [5, 5.41) is 6.97. The number of hydrogen-bond acceptors (Lipinski definition) is 6. The van der Waals surface area contributed by atoms with Crippen LogP contribution in [0.15, 0.2) is 54.1 Å². The number of nitrogens with one attached hydrogen (secondary N) is 1. The average Bonchev–Trinajstić information content (AvgIpc) is 3.09. The number of likely N-dealkylation sites (tertiary alicyclic amines) is 1. The first-order valence-corrected chi connectivity index (χ1v) is 9.72. The lowest BCUT2D eigenvalue weighted by molar-refractivity contribution is 0.323.